The zero-order valence-corrected chi connectivity index (χ0v) is 14.4. The van der Waals surface area contributed by atoms with E-state index < -0.39 is 0 Å². The third kappa shape index (κ3) is 3.16. The maximum Gasteiger partial charge on any atom is 0.250 e. The van der Waals surface area contributed by atoms with E-state index in [2.05, 4.69) is 4.98 Å². The molecule has 0 atom stereocenters. The number of hydrogen-bond donors (Lipinski definition) is 2. The third-order valence-corrected chi connectivity index (χ3v) is 5.14. The van der Waals surface area contributed by atoms with Crippen molar-refractivity contribution in [2.24, 2.45) is 5.73 Å². The van der Waals surface area contributed by atoms with E-state index in [9.17, 15) is 9.59 Å². The number of thiophene rings is 1. The van der Waals surface area contributed by atoms with Crippen molar-refractivity contribution in [3.63, 3.8) is 0 Å². The van der Waals surface area contributed by atoms with E-state index in [1.54, 1.807) is 23.6 Å². The molecule has 3 rings (SSSR count). The largest absolute Gasteiger partial charge is 0.366 e. The van der Waals surface area contributed by atoms with E-state index in [-0.39, 0.29) is 11.5 Å². The van der Waals surface area contributed by atoms with Crippen LogP contribution >= 0.6 is 11.3 Å². The van der Waals surface area contributed by atoms with Gasteiger partial charge >= 0.3 is 0 Å². The molecule has 1 aromatic carbocycles. The van der Waals surface area contributed by atoms with E-state index in [1.807, 2.05) is 44.2 Å². The Morgan fingerprint density at radius 3 is 2.42 bits per heavy atom. The lowest BCUT2D eigenvalue weighted by Crippen LogP contribution is -2.14. The summed E-state index contributed by atoms with van der Waals surface area (Å²) in [4.78, 5) is 27.8. The number of aromatic nitrogens is 1. The molecule has 0 aliphatic rings. The van der Waals surface area contributed by atoms with Crippen molar-refractivity contribution in [1.82, 2.24) is 4.98 Å². The van der Waals surface area contributed by atoms with E-state index in [0.717, 1.165) is 32.0 Å². The van der Waals surface area contributed by atoms with Gasteiger partial charge in [0.25, 0.3) is 0 Å². The van der Waals surface area contributed by atoms with Crippen LogP contribution in [0, 0.1) is 13.8 Å². The van der Waals surface area contributed by atoms with Crippen LogP contribution in [0.2, 0.25) is 0 Å². The second-order valence-corrected chi connectivity index (χ2v) is 7.18. The summed E-state index contributed by atoms with van der Waals surface area (Å²) in [5.41, 5.74) is 10.0. The number of nitrogens with two attached hydrogens (primary N) is 1. The Labute approximate surface area is 144 Å². The fourth-order valence-electron chi connectivity index (χ4n) is 2.91. The molecule has 4 nitrogen and oxygen atoms in total. The Morgan fingerprint density at radius 1 is 1.08 bits per heavy atom. The van der Waals surface area contributed by atoms with Crippen molar-refractivity contribution in [2.45, 2.75) is 20.3 Å². The van der Waals surface area contributed by atoms with Gasteiger partial charge < -0.3 is 10.7 Å². The van der Waals surface area contributed by atoms with E-state index in [0.29, 0.717) is 12.0 Å². The lowest BCUT2D eigenvalue weighted by molar-refractivity contribution is 0.0999. The topological polar surface area (TPSA) is 76.0 Å². The van der Waals surface area contributed by atoms with Crippen molar-refractivity contribution in [3.05, 3.63) is 79.4 Å². The molecule has 3 N–H and O–H groups in total. The third-order valence-electron chi connectivity index (χ3n) is 4.07. The van der Waals surface area contributed by atoms with Crippen LogP contribution in [0.4, 0.5) is 0 Å². The first-order valence-corrected chi connectivity index (χ1v) is 8.44. The van der Waals surface area contributed by atoms with Crippen LogP contribution in [0.25, 0.3) is 11.1 Å². The summed E-state index contributed by atoms with van der Waals surface area (Å²) < 4.78 is 0. The SMILES string of the molecule is Cc1sc(C)c(C(N)=O)c1Cc1ccc(-c2cc[nH]c(=O)c2)cc1. The first kappa shape index (κ1) is 16.2. The highest BCUT2D eigenvalue weighted by Gasteiger charge is 2.17. The van der Waals surface area contributed by atoms with Gasteiger partial charge in [0.05, 0.1) is 5.56 Å². The monoisotopic (exact) mass is 338 g/mol. The molecular weight excluding hydrogens is 320 g/mol. The fourth-order valence-corrected chi connectivity index (χ4v) is 3.99. The maximum atomic E-state index is 11.7. The summed E-state index contributed by atoms with van der Waals surface area (Å²) >= 11 is 1.61. The number of rotatable bonds is 4. The highest BCUT2D eigenvalue weighted by molar-refractivity contribution is 7.12. The average Bonchev–Trinajstić information content (AvgIpc) is 2.82. The van der Waals surface area contributed by atoms with Gasteiger partial charge in [-0.3, -0.25) is 9.59 Å². The van der Waals surface area contributed by atoms with Gasteiger partial charge in [-0.15, -0.1) is 11.3 Å². The zero-order chi connectivity index (χ0) is 17.3. The maximum absolute atomic E-state index is 11.7. The smallest absolute Gasteiger partial charge is 0.250 e. The molecule has 0 saturated heterocycles. The molecular formula is C19H18N2O2S. The van der Waals surface area contributed by atoms with Gasteiger partial charge in [-0.25, -0.2) is 0 Å². The molecule has 0 fully saturated rings. The number of nitrogens with one attached hydrogen (secondary N) is 1. The quantitative estimate of drug-likeness (QED) is 0.765. The van der Waals surface area contributed by atoms with Crippen LogP contribution in [-0.4, -0.2) is 10.9 Å². The van der Waals surface area contributed by atoms with Crippen LogP contribution < -0.4 is 11.3 Å². The number of H-pyrrole nitrogens is 1. The molecule has 122 valence electrons. The number of pyridine rings is 1. The predicted octanol–water partition coefficient (Wildman–Crippen LogP) is 3.41. The van der Waals surface area contributed by atoms with Gasteiger partial charge in [0.2, 0.25) is 11.5 Å². The van der Waals surface area contributed by atoms with Crippen LogP contribution in [0.5, 0.6) is 0 Å². The molecule has 0 radical (unpaired) electrons. The molecule has 0 aliphatic carbocycles. The van der Waals surface area contributed by atoms with Crippen LogP contribution in [0.15, 0.2) is 47.4 Å². The first-order valence-electron chi connectivity index (χ1n) is 7.62. The molecule has 0 aliphatic heterocycles. The number of carbonyl (C=O) groups excluding carboxylic acids is 1. The van der Waals surface area contributed by atoms with Crippen LogP contribution in [0.1, 0.15) is 31.2 Å². The first-order chi connectivity index (χ1) is 11.5. The van der Waals surface area contributed by atoms with E-state index in [4.69, 9.17) is 5.73 Å². The molecule has 0 bridgehead atoms. The Balaban J connectivity index is 1.90. The zero-order valence-electron chi connectivity index (χ0n) is 13.6. The van der Waals surface area contributed by atoms with Gasteiger partial charge in [0.15, 0.2) is 0 Å². The lowest BCUT2D eigenvalue weighted by Gasteiger charge is -2.06. The van der Waals surface area contributed by atoms with Gasteiger partial charge in [0, 0.05) is 22.0 Å². The second kappa shape index (κ2) is 6.45. The molecule has 5 heteroatoms. The normalized spacial score (nSPS) is 10.8. The standard InChI is InChI=1S/C19H18N2O2S/c1-11-16(18(19(20)23)12(2)24-11)9-13-3-5-14(6-4-13)15-7-8-21-17(22)10-15/h3-8,10H,9H2,1-2H3,(H2,20,23)(H,21,22). The molecule has 0 saturated carbocycles. The van der Waals surface area contributed by atoms with Crippen molar-refractivity contribution >= 4 is 17.2 Å². The summed E-state index contributed by atoms with van der Waals surface area (Å²) in [6.07, 6.45) is 2.31. The number of carbonyl (C=O) groups is 1. The van der Waals surface area contributed by atoms with E-state index >= 15 is 0 Å². The molecule has 0 unspecified atom stereocenters. The Kier molecular flexibility index (Phi) is 4.36. The van der Waals surface area contributed by atoms with Gasteiger partial charge in [0.1, 0.15) is 0 Å². The van der Waals surface area contributed by atoms with Crippen molar-refractivity contribution in [3.8, 4) is 11.1 Å². The molecule has 0 spiro atoms. The molecule has 2 aromatic heterocycles. The number of benzene rings is 1. The number of amides is 1. The van der Waals surface area contributed by atoms with Gasteiger partial charge in [-0.1, -0.05) is 24.3 Å². The Morgan fingerprint density at radius 2 is 1.79 bits per heavy atom. The Bertz CT molecular complexity index is 952. The summed E-state index contributed by atoms with van der Waals surface area (Å²) in [6.45, 7) is 3.95. The second-order valence-electron chi connectivity index (χ2n) is 5.75. The summed E-state index contributed by atoms with van der Waals surface area (Å²) in [5.74, 6) is -0.369. The predicted molar refractivity (Wildman–Crippen MR) is 97.6 cm³/mol. The van der Waals surface area contributed by atoms with Crippen molar-refractivity contribution in [1.29, 1.82) is 0 Å². The Hall–Kier alpha value is -2.66. The van der Waals surface area contributed by atoms with Gasteiger partial charge in [-0.05, 0) is 48.6 Å². The van der Waals surface area contributed by atoms with Crippen molar-refractivity contribution in [2.75, 3.05) is 0 Å². The molecule has 3 aromatic rings. The number of hydrogen-bond acceptors (Lipinski definition) is 3. The molecule has 1 amide bonds. The minimum atomic E-state index is -0.369. The minimum absolute atomic E-state index is 0.118. The lowest BCUT2D eigenvalue weighted by atomic mass is 9.98. The summed E-state index contributed by atoms with van der Waals surface area (Å²) in [5, 5.41) is 0. The summed E-state index contributed by atoms with van der Waals surface area (Å²) in [7, 11) is 0. The fraction of sp³-hybridized carbons (Fsp3) is 0.158. The van der Waals surface area contributed by atoms with E-state index in [1.165, 1.54) is 0 Å². The summed E-state index contributed by atoms with van der Waals surface area (Å²) in [6, 6.07) is 11.5. The van der Waals surface area contributed by atoms with Crippen molar-refractivity contribution < 1.29 is 4.79 Å². The molecule has 24 heavy (non-hydrogen) atoms. The average molecular weight is 338 g/mol. The minimum Gasteiger partial charge on any atom is -0.366 e. The van der Waals surface area contributed by atoms with Crippen LogP contribution in [-0.2, 0) is 6.42 Å². The highest BCUT2D eigenvalue weighted by atomic mass is 32.1. The molecule has 2 heterocycles. The number of aryl methyl sites for hydroxylation is 2. The van der Waals surface area contributed by atoms with Crippen LogP contribution in [0.3, 0.4) is 0 Å². The number of aromatic amines is 1. The highest BCUT2D eigenvalue weighted by Crippen LogP contribution is 2.29. The van der Waals surface area contributed by atoms with Gasteiger partial charge in [-0.2, -0.15) is 0 Å². The number of primary amides is 1.